The van der Waals surface area contributed by atoms with Gasteiger partial charge in [0.1, 0.15) is 5.75 Å². The number of hydrogen-bond donors (Lipinski definition) is 2. The molecule has 1 rings (SSSR count). The van der Waals surface area contributed by atoms with Crippen LogP contribution in [0.5, 0.6) is 5.75 Å². The number of phenols is 1. The van der Waals surface area contributed by atoms with Gasteiger partial charge in [-0.1, -0.05) is 0 Å². The Hall–Kier alpha value is -1.51. The third-order valence-corrected chi connectivity index (χ3v) is 2.93. The number of benzene rings is 1. The second kappa shape index (κ2) is 3.93. The Bertz CT molecular complexity index is 408. The maximum atomic E-state index is 10.9. The van der Waals surface area contributed by atoms with Crippen LogP contribution in [-0.4, -0.2) is 16.2 Å². The average molecular weight is 208 g/mol. The van der Waals surface area contributed by atoms with E-state index in [9.17, 15) is 9.90 Å². The van der Waals surface area contributed by atoms with Crippen LogP contribution in [0.15, 0.2) is 6.07 Å². The van der Waals surface area contributed by atoms with Gasteiger partial charge in [-0.15, -0.1) is 0 Å². The van der Waals surface area contributed by atoms with E-state index in [1.54, 1.807) is 19.9 Å². The SMILES string of the molecule is Cc1cc(O)c(C)c(C)c1C(C)C(=O)O. The van der Waals surface area contributed by atoms with Gasteiger partial charge in [0.15, 0.2) is 0 Å². The smallest absolute Gasteiger partial charge is 0.310 e. The van der Waals surface area contributed by atoms with Gasteiger partial charge in [-0.3, -0.25) is 4.79 Å². The first-order chi connectivity index (χ1) is 6.86. The summed E-state index contributed by atoms with van der Waals surface area (Å²) in [6.45, 7) is 7.12. The summed E-state index contributed by atoms with van der Waals surface area (Å²) in [4.78, 5) is 10.9. The monoisotopic (exact) mass is 208 g/mol. The summed E-state index contributed by atoms with van der Waals surface area (Å²) in [7, 11) is 0. The van der Waals surface area contributed by atoms with Crippen LogP contribution < -0.4 is 0 Å². The number of hydrogen-bond acceptors (Lipinski definition) is 2. The van der Waals surface area contributed by atoms with Crippen molar-refractivity contribution in [3.05, 3.63) is 28.3 Å². The molecule has 0 spiro atoms. The van der Waals surface area contributed by atoms with E-state index in [0.717, 1.165) is 22.3 Å². The lowest BCUT2D eigenvalue weighted by Gasteiger charge is -2.17. The van der Waals surface area contributed by atoms with Gasteiger partial charge in [-0.05, 0) is 56.0 Å². The van der Waals surface area contributed by atoms with Gasteiger partial charge >= 0.3 is 5.97 Å². The highest BCUT2D eigenvalue weighted by Crippen LogP contribution is 2.31. The molecule has 1 unspecified atom stereocenters. The zero-order valence-corrected chi connectivity index (χ0v) is 9.46. The highest BCUT2D eigenvalue weighted by atomic mass is 16.4. The zero-order valence-electron chi connectivity index (χ0n) is 9.46. The summed E-state index contributed by atoms with van der Waals surface area (Å²) >= 11 is 0. The van der Waals surface area contributed by atoms with E-state index in [-0.39, 0.29) is 5.75 Å². The first-order valence-electron chi connectivity index (χ1n) is 4.88. The predicted molar refractivity (Wildman–Crippen MR) is 58.4 cm³/mol. The lowest BCUT2D eigenvalue weighted by atomic mass is 9.89. The molecule has 15 heavy (non-hydrogen) atoms. The maximum Gasteiger partial charge on any atom is 0.310 e. The van der Waals surface area contributed by atoms with Crippen LogP contribution in [0.2, 0.25) is 0 Å². The van der Waals surface area contributed by atoms with Gasteiger partial charge in [0.25, 0.3) is 0 Å². The average Bonchev–Trinajstić information content (AvgIpc) is 2.14. The molecule has 0 aliphatic carbocycles. The van der Waals surface area contributed by atoms with Crippen molar-refractivity contribution < 1.29 is 15.0 Å². The summed E-state index contributed by atoms with van der Waals surface area (Å²) in [6, 6.07) is 1.62. The van der Waals surface area contributed by atoms with Crippen molar-refractivity contribution >= 4 is 5.97 Å². The number of carbonyl (C=O) groups is 1. The van der Waals surface area contributed by atoms with Crippen molar-refractivity contribution in [3.63, 3.8) is 0 Å². The number of phenolic OH excluding ortho intramolecular Hbond substituents is 1. The molecule has 1 atom stereocenters. The lowest BCUT2D eigenvalue weighted by Crippen LogP contribution is -2.11. The molecule has 0 bridgehead atoms. The Balaban J connectivity index is 3.42. The number of rotatable bonds is 2. The molecule has 0 saturated carbocycles. The minimum atomic E-state index is -0.841. The molecular weight excluding hydrogens is 192 g/mol. The molecule has 0 radical (unpaired) electrons. The number of aromatic hydroxyl groups is 1. The molecule has 82 valence electrons. The summed E-state index contributed by atoms with van der Waals surface area (Å²) in [5.41, 5.74) is 3.24. The first kappa shape index (κ1) is 11.6. The normalized spacial score (nSPS) is 12.5. The lowest BCUT2D eigenvalue weighted by molar-refractivity contribution is -0.138. The quantitative estimate of drug-likeness (QED) is 0.785. The molecule has 0 aliphatic heterocycles. The Morgan fingerprint density at radius 3 is 2.27 bits per heavy atom. The van der Waals surface area contributed by atoms with Gasteiger partial charge in [0, 0.05) is 0 Å². The Kier molecular flexibility index (Phi) is 3.03. The third kappa shape index (κ3) is 1.96. The first-order valence-corrected chi connectivity index (χ1v) is 4.88. The molecule has 0 saturated heterocycles. The van der Waals surface area contributed by atoms with E-state index in [2.05, 4.69) is 0 Å². The van der Waals surface area contributed by atoms with Crippen molar-refractivity contribution in [3.8, 4) is 5.75 Å². The van der Waals surface area contributed by atoms with Crippen molar-refractivity contribution in [1.82, 2.24) is 0 Å². The maximum absolute atomic E-state index is 10.9. The largest absolute Gasteiger partial charge is 0.508 e. The highest BCUT2D eigenvalue weighted by molar-refractivity contribution is 5.77. The van der Waals surface area contributed by atoms with Crippen LogP contribution in [0.4, 0.5) is 0 Å². The Morgan fingerprint density at radius 1 is 1.27 bits per heavy atom. The standard InChI is InChI=1S/C12H16O3/c1-6-5-10(13)7(2)8(3)11(6)9(4)12(14)15/h5,9,13H,1-4H3,(H,14,15). The van der Waals surface area contributed by atoms with Crippen molar-refractivity contribution in [2.45, 2.75) is 33.6 Å². The van der Waals surface area contributed by atoms with Gasteiger partial charge in [-0.25, -0.2) is 0 Å². The van der Waals surface area contributed by atoms with Crippen LogP contribution in [0.1, 0.15) is 35.1 Å². The molecule has 3 heteroatoms. The number of aliphatic carboxylic acids is 1. The molecule has 2 N–H and O–H groups in total. The van der Waals surface area contributed by atoms with Crippen molar-refractivity contribution in [2.24, 2.45) is 0 Å². The van der Waals surface area contributed by atoms with Gasteiger partial charge < -0.3 is 10.2 Å². The minimum absolute atomic E-state index is 0.228. The van der Waals surface area contributed by atoms with Gasteiger partial charge in [0.2, 0.25) is 0 Å². The fraction of sp³-hybridized carbons (Fsp3) is 0.417. The van der Waals surface area contributed by atoms with Crippen molar-refractivity contribution in [1.29, 1.82) is 0 Å². The molecule has 3 nitrogen and oxygen atoms in total. The summed E-state index contributed by atoms with van der Waals surface area (Å²) in [6.07, 6.45) is 0. The van der Waals surface area contributed by atoms with Crippen LogP contribution >= 0.6 is 0 Å². The number of carboxylic acid groups (broad SMARTS) is 1. The predicted octanol–water partition coefficient (Wildman–Crippen LogP) is 2.51. The summed E-state index contributed by atoms with van der Waals surface area (Å²) < 4.78 is 0. The highest BCUT2D eigenvalue weighted by Gasteiger charge is 2.20. The fourth-order valence-electron chi connectivity index (χ4n) is 1.87. The van der Waals surface area contributed by atoms with Gasteiger partial charge in [-0.2, -0.15) is 0 Å². The van der Waals surface area contributed by atoms with E-state index >= 15 is 0 Å². The molecule has 0 fully saturated rings. The second-order valence-corrected chi connectivity index (χ2v) is 3.94. The van der Waals surface area contributed by atoms with Gasteiger partial charge in [0.05, 0.1) is 5.92 Å². The topological polar surface area (TPSA) is 57.5 Å². The van der Waals surface area contributed by atoms with Crippen LogP contribution in [0.3, 0.4) is 0 Å². The van der Waals surface area contributed by atoms with E-state index < -0.39 is 11.9 Å². The van der Waals surface area contributed by atoms with E-state index in [1.165, 1.54) is 0 Å². The summed E-state index contributed by atoms with van der Waals surface area (Å²) in [5.74, 6) is -1.15. The summed E-state index contributed by atoms with van der Waals surface area (Å²) in [5, 5.41) is 18.6. The molecule has 0 aliphatic rings. The van der Waals surface area contributed by atoms with Crippen LogP contribution in [0, 0.1) is 20.8 Å². The minimum Gasteiger partial charge on any atom is -0.508 e. The molecule has 1 aromatic rings. The molecule has 0 heterocycles. The van der Waals surface area contributed by atoms with E-state index in [4.69, 9.17) is 5.11 Å². The molecule has 0 amide bonds. The Morgan fingerprint density at radius 2 is 1.80 bits per heavy atom. The molecule has 1 aromatic carbocycles. The fourth-order valence-corrected chi connectivity index (χ4v) is 1.87. The second-order valence-electron chi connectivity index (χ2n) is 3.94. The third-order valence-electron chi connectivity index (χ3n) is 2.93. The van der Waals surface area contributed by atoms with E-state index in [0.29, 0.717) is 0 Å². The molecular formula is C12H16O3. The van der Waals surface area contributed by atoms with Crippen LogP contribution in [-0.2, 0) is 4.79 Å². The number of aryl methyl sites for hydroxylation is 1. The van der Waals surface area contributed by atoms with Crippen molar-refractivity contribution in [2.75, 3.05) is 0 Å². The zero-order chi connectivity index (χ0) is 11.7. The number of carboxylic acids is 1. The van der Waals surface area contributed by atoms with E-state index in [1.807, 2.05) is 13.8 Å². The molecule has 0 aromatic heterocycles. The van der Waals surface area contributed by atoms with Crippen LogP contribution in [0.25, 0.3) is 0 Å². The Labute approximate surface area is 89.4 Å².